The summed E-state index contributed by atoms with van der Waals surface area (Å²) in [5.41, 5.74) is -0.529. The first kappa shape index (κ1) is 10.9. The van der Waals surface area contributed by atoms with Crippen molar-refractivity contribution in [2.75, 3.05) is 0 Å². The van der Waals surface area contributed by atoms with Crippen molar-refractivity contribution in [2.24, 2.45) is 0 Å². The molecule has 3 nitrogen and oxygen atoms in total. The van der Waals surface area contributed by atoms with E-state index in [0.717, 1.165) is 6.07 Å². The van der Waals surface area contributed by atoms with Gasteiger partial charge in [0.2, 0.25) is 0 Å². The van der Waals surface area contributed by atoms with E-state index in [4.69, 9.17) is 15.9 Å². The Hall–Kier alpha value is -1.19. The molecule has 1 aromatic rings. The van der Waals surface area contributed by atoms with Gasteiger partial charge in [-0.05, 0) is 12.1 Å². The fourth-order valence-corrected chi connectivity index (χ4v) is 2.00. The van der Waals surface area contributed by atoms with Gasteiger partial charge >= 0.3 is 0 Å². The van der Waals surface area contributed by atoms with Crippen LogP contribution in [0.25, 0.3) is 0 Å². The summed E-state index contributed by atoms with van der Waals surface area (Å²) in [6.07, 6.45) is 0. The van der Waals surface area contributed by atoms with E-state index in [9.17, 15) is 17.2 Å². The van der Waals surface area contributed by atoms with Gasteiger partial charge in [0, 0.05) is 10.7 Å². The Morgan fingerprint density at radius 3 is 2.36 bits per heavy atom. The first-order valence-electron chi connectivity index (χ1n) is 3.20. The van der Waals surface area contributed by atoms with Crippen molar-refractivity contribution in [3.8, 4) is 6.07 Å². The smallest absolute Gasteiger partial charge is 0.207 e. The molecule has 0 aliphatic carbocycles. The predicted molar refractivity (Wildman–Crippen MR) is 44.1 cm³/mol. The summed E-state index contributed by atoms with van der Waals surface area (Å²) in [6, 6.07) is 2.89. The van der Waals surface area contributed by atoms with Crippen molar-refractivity contribution >= 4 is 19.7 Å². The van der Waals surface area contributed by atoms with Gasteiger partial charge < -0.3 is 0 Å². The highest BCUT2D eigenvalue weighted by atomic mass is 35.7. The van der Waals surface area contributed by atoms with Crippen LogP contribution in [-0.2, 0) is 9.05 Å². The monoisotopic (exact) mass is 237 g/mol. The van der Waals surface area contributed by atoms with Crippen LogP contribution in [0, 0.1) is 23.0 Å². The fourth-order valence-electron chi connectivity index (χ4n) is 0.858. The molecular weight excluding hydrogens is 236 g/mol. The number of benzene rings is 1. The van der Waals surface area contributed by atoms with Gasteiger partial charge in [0.15, 0.2) is 11.6 Å². The zero-order valence-corrected chi connectivity index (χ0v) is 8.03. The molecule has 0 bridgehead atoms. The Morgan fingerprint density at radius 2 is 1.93 bits per heavy atom. The molecule has 0 radical (unpaired) electrons. The van der Waals surface area contributed by atoms with E-state index in [-0.39, 0.29) is 0 Å². The van der Waals surface area contributed by atoms with Crippen molar-refractivity contribution in [2.45, 2.75) is 4.90 Å². The lowest BCUT2D eigenvalue weighted by atomic mass is 10.2. The van der Waals surface area contributed by atoms with E-state index >= 15 is 0 Å². The highest BCUT2D eigenvalue weighted by molar-refractivity contribution is 8.13. The summed E-state index contributed by atoms with van der Waals surface area (Å²) in [5.74, 6) is -3.01. The van der Waals surface area contributed by atoms with Crippen LogP contribution in [0.1, 0.15) is 5.56 Å². The zero-order valence-electron chi connectivity index (χ0n) is 6.46. The minimum Gasteiger partial charge on any atom is -0.207 e. The number of halogens is 3. The summed E-state index contributed by atoms with van der Waals surface area (Å²) in [4.78, 5) is -1.12. The summed E-state index contributed by atoms with van der Waals surface area (Å²) >= 11 is 0. The van der Waals surface area contributed by atoms with Gasteiger partial charge in [-0.25, -0.2) is 17.2 Å². The first-order chi connectivity index (χ1) is 6.38. The molecule has 0 saturated carbocycles. The number of hydrogen-bond donors (Lipinski definition) is 0. The molecule has 0 heterocycles. The van der Waals surface area contributed by atoms with Gasteiger partial charge in [-0.15, -0.1) is 0 Å². The Balaban J connectivity index is 3.72. The largest absolute Gasteiger partial charge is 0.265 e. The molecule has 74 valence electrons. The highest BCUT2D eigenvalue weighted by Crippen LogP contribution is 2.24. The van der Waals surface area contributed by atoms with Crippen molar-refractivity contribution in [3.05, 3.63) is 29.3 Å². The normalized spacial score (nSPS) is 11.0. The van der Waals surface area contributed by atoms with Crippen LogP contribution >= 0.6 is 10.7 Å². The molecule has 1 aromatic carbocycles. The summed E-state index contributed by atoms with van der Waals surface area (Å²) in [7, 11) is 0.370. The molecule has 14 heavy (non-hydrogen) atoms. The van der Waals surface area contributed by atoms with E-state index in [0.29, 0.717) is 6.07 Å². The van der Waals surface area contributed by atoms with E-state index in [1.165, 1.54) is 6.07 Å². The van der Waals surface area contributed by atoms with Gasteiger partial charge in [0.1, 0.15) is 11.0 Å². The third-order valence-corrected chi connectivity index (χ3v) is 2.76. The van der Waals surface area contributed by atoms with Crippen LogP contribution in [0.5, 0.6) is 0 Å². The molecule has 0 aromatic heterocycles. The average molecular weight is 238 g/mol. The van der Waals surface area contributed by atoms with Crippen molar-refractivity contribution in [1.29, 1.82) is 5.26 Å². The molecule has 0 aliphatic rings. The van der Waals surface area contributed by atoms with E-state index in [2.05, 4.69) is 0 Å². The highest BCUT2D eigenvalue weighted by Gasteiger charge is 2.23. The Kier molecular flexibility index (Phi) is 2.73. The third kappa shape index (κ3) is 1.84. The maximum atomic E-state index is 13.0. The Bertz CT molecular complexity index is 521. The fraction of sp³-hybridized carbons (Fsp3) is 0. The lowest BCUT2D eigenvalue weighted by Crippen LogP contribution is -2.01. The molecule has 0 N–H and O–H groups in total. The van der Waals surface area contributed by atoms with E-state index in [1.54, 1.807) is 0 Å². The van der Waals surface area contributed by atoms with Crippen LogP contribution in [0.15, 0.2) is 17.0 Å². The van der Waals surface area contributed by atoms with Crippen molar-refractivity contribution in [3.63, 3.8) is 0 Å². The van der Waals surface area contributed by atoms with E-state index in [1.807, 2.05) is 0 Å². The topological polar surface area (TPSA) is 57.9 Å². The Labute approximate surface area is 83.0 Å². The molecule has 0 unspecified atom stereocenters. The molecular formula is C7H2ClF2NO2S. The number of hydrogen-bond acceptors (Lipinski definition) is 3. The second-order valence-electron chi connectivity index (χ2n) is 2.29. The average Bonchev–Trinajstić information content (AvgIpc) is 2.07. The lowest BCUT2D eigenvalue weighted by molar-refractivity contribution is 0.485. The molecule has 0 aliphatic heterocycles. The van der Waals surface area contributed by atoms with Crippen molar-refractivity contribution < 1.29 is 17.2 Å². The number of nitriles is 1. The summed E-state index contributed by atoms with van der Waals surface area (Å²) < 4.78 is 47.2. The molecule has 0 fully saturated rings. The second kappa shape index (κ2) is 3.52. The summed E-state index contributed by atoms with van der Waals surface area (Å²) in [5, 5.41) is 8.43. The second-order valence-corrected chi connectivity index (χ2v) is 4.79. The maximum absolute atomic E-state index is 13.0. The van der Waals surface area contributed by atoms with Crippen LogP contribution in [-0.4, -0.2) is 8.42 Å². The minimum absolute atomic E-state index is 0.529. The zero-order chi connectivity index (χ0) is 10.9. The van der Waals surface area contributed by atoms with Crippen LogP contribution in [0.4, 0.5) is 8.78 Å². The SMILES string of the molecule is N#Cc1ccc(F)c(F)c1S(=O)(=O)Cl. The molecule has 0 amide bonds. The molecule has 0 saturated heterocycles. The van der Waals surface area contributed by atoms with Crippen LogP contribution in [0.2, 0.25) is 0 Å². The van der Waals surface area contributed by atoms with Gasteiger partial charge in [0.05, 0.1) is 5.56 Å². The van der Waals surface area contributed by atoms with Crippen LogP contribution < -0.4 is 0 Å². The van der Waals surface area contributed by atoms with Gasteiger partial charge in [0.25, 0.3) is 9.05 Å². The maximum Gasteiger partial charge on any atom is 0.265 e. The predicted octanol–water partition coefficient (Wildman–Crippen LogP) is 1.76. The summed E-state index contributed by atoms with van der Waals surface area (Å²) in [6.45, 7) is 0. The molecule has 7 heteroatoms. The quantitative estimate of drug-likeness (QED) is 0.700. The van der Waals surface area contributed by atoms with E-state index < -0.39 is 31.1 Å². The van der Waals surface area contributed by atoms with Gasteiger partial charge in [-0.3, -0.25) is 0 Å². The molecule has 1 rings (SSSR count). The number of nitrogens with zero attached hydrogens (tertiary/aromatic N) is 1. The molecule has 0 spiro atoms. The van der Waals surface area contributed by atoms with Crippen molar-refractivity contribution in [1.82, 2.24) is 0 Å². The third-order valence-electron chi connectivity index (χ3n) is 1.41. The number of rotatable bonds is 1. The molecule has 0 atom stereocenters. The van der Waals surface area contributed by atoms with Gasteiger partial charge in [-0.2, -0.15) is 5.26 Å². The lowest BCUT2D eigenvalue weighted by Gasteiger charge is -2.01. The Morgan fingerprint density at radius 1 is 1.36 bits per heavy atom. The van der Waals surface area contributed by atoms with Crippen LogP contribution in [0.3, 0.4) is 0 Å². The van der Waals surface area contributed by atoms with Gasteiger partial charge in [-0.1, -0.05) is 0 Å². The first-order valence-corrected chi connectivity index (χ1v) is 5.51. The standard InChI is InChI=1S/C7H2ClF2NO2S/c8-14(12,13)7-4(3-11)1-2-5(9)6(7)10/h1-2H. The minimum atomic E-state index is -4.46.